The lowest BCUT2D eigenvalue weighted by Gasteiger charge is -2.23. The van der Waals surface area contributed by atoms with Crippen LogP contribution >= 0.6 is 0 Å². The molecule has 2 aromatic carbocycles. The smallest absolute Gasteiger partial charge is 0.325 e. The number of nitrogens with zero attached hydrogens (tertiary/aromatic N) is 2. The van der Waals surface area contributed by atoms with Crippen LogP contribution < -0.4 is 20.1 Å². The molecule has 2 aliphatic rings. The maximum atomic E-state index is 13.3. The molecule has 2 fully saturated rings. The van der Waals surface area contributed by atoms with Crippen LogP contribution in [0.25, 0.3) is 0 Å². The second-order valence-corrected chi connectivity index (χ2v) is 11.2. The molecule has 0 aliphatic carbocycles. The number of hydrogen-bond acceptors (Lipinski definition) is 6. The molecule has 10 heteroatoms. The molecule has 4 rings (SSSR count). The summed E-state index contributed by atoms with van der Waals surface area (Å²) in [5.41, 5.74) is -1.01. The van der Waals surface area contributed by atoms with Crippen molar-refractivity contribution in [3.8, 4) is 11.5 Å². The second-order valence-electron chi connectivity index (χ2n) is 11.2. The lowest BCUT2D eigenvalue weighted by molar-refractivity contribution is -0.132. The van der Waals surface area contributed by atoms with Crippen LogP contribution in [0, 0.1) is 0 Å². The van der Waals surface area contributed by atoms with Crippen molar-refractivity contribution in [2.75, 3.05) is 26.3 Å². The van der Waals surface area contributed by atoms with Crippen molar-refractivity contribution < 1.29 is 28.7 Å². The lowest BCUT2D eigenvalue weighted by Crippen LogP contribution is -2.41. The van der Waals surface area contributed by atoms with Crippen LogP contribution in [0.3, 0.4) is 0 Å². The first-order valence-electron chi connectivity index (χ1n) is 14.9. The molecule has 6 amide bonds. The van der Waals surface area contributed by atoms with Gasteiger partial charge in [0, 0.05) is 13.1 Å². The van der Waals surface area contributed by atoms with Crippen LogP contribution in [0.1, 0.15) is 77.3 Å². The third-order valence-corrected chi connectivity index (χ3v) is 7.96. The maximum absolute atomic E-state index is 13.3. The van der Waals surface area contributed by atoms with E-state index >= 15 is 0 Å². The van der Waals surface area contributed by atoms with Gasteiger partial charge >= 0.3 is 12.1 Å². The quantitative estimate of drug-likeness (QED) is 0.225. The largest absolute Gasteiger partial charge is 0.494 e. The molecular weight excluding hydrogens is 536 g/mol. The molecule has 0 radical (unpaired) electrons. The summed E-state index contributed by atoms with van der Waals surface area (Å²) < 4.78 is 11.4. The normalized spacial score (nSPS) is 22.0. The molecule has 0 unspecified atom stereocenters. The zero-order valence-electron chi connectivity index (χ0n) is 25.0. The molecule has 2 aliphatic heterocycles. The predicted octanol–water partition coefficient (Wildman–Crippen LogP) is 5.06. The van der Waals surface area contributed by atoms with Crippen LogP contribution in [-0.2, 0) is 20.7 Å². The van der Waals surface area contributed by atoms with Crippen LogP contribution in [0.4, 0.5) is 9.59 Å². The highest BCUT2D eigenvalue weighted by Crippen LogP contribution is 2.32. The molecule has 0 saturated carbocycles. The molecule has 2 aromatic rings. The number of urea groups is 2. The zero-order chi connectivity index (χ0) is 30.3. The zero-order valence-corrected chi connectivity index (χ0v) is 25.0. The monoisotopic (exact) mass is 578 g/mol. The standard InChI is InChI=1S/C32H42N4O6/c1-5-7-21-41-25-15-11-23(12-16-25)31(3)27(37)35(29(39)33-31)19-9-10-20-36-28(38)32(4,34-30(36)40)24-13-17-26(18-14-24)42-22-8-6-2/h11-18H,5-10,19-22H2,1-4H3,(H,33,39)(H,34,40)/t31-,32-/m0/s1. The van der Waals surface area contributed by atoms with Crippen molar-refractivity contribution >= 4 is 23.9 Å². The van der Waals surface area contributed by atoms with E-state index < -0.39 is 23.1 Å². The Hall–Kier alpha value is -4.08. The van der Waals surface area contributed by atoms with Crippen LogP contribution in [0.15, 0.2) is 48.5 Å². The van der Waals surface area contributed by atoms with Gasteiger partial charge in [-0.25, -0.2) is 9.59 Å². The Morgan fingerprint density at radius 2 is 0.952 bits per heavy atom. The fraction of sp³-hybridized carbons (Fsp3) is 0.500. The van der Waals surface area contributed by atoms with E-state index in [0.717, 1.165) is 37.2 Å². The van der Waals surface area contributed by atoms with Crippen LogP contribution in [-0.4, -0.2) is 60.0 Å². The highest BCUT2D eigenvalue weighted by atomic mass is 16.5. The summed E-state index contributed by atoms with van der Waals surface area (Å²) in [4.78, 5) is 54.5. The number of imide groups is 2. The Balaban J connectivity index is 1.29. The molecule has 2 N–H and O–H groups in total. The number of hydrogen-bond donors (Lipinski definition) is 2. The minimum atomic E-state index is -1.18. The SMILES string of the molecule is CCCCOc1ccc([C@]2(C)NC(=O)N(CCCCN3C(=O)N[C@@](C)(c4ccc(OCCCC)cc4)C3=O)C2=O)cc1. The van der Waals surface area contributed by atoms with Crippen molar-refractivity contribution in [3.63, 3.8) is 0 Å². The van der Waals surface area contributed by atoms with Gasteiger partial charge in [0.15, 0.2) is 0 Å². The van der Waals surface area contributed by atoms with Crippen molar-refractivity contribution in [3.05, 3.63) is 59.7 Å². The van der Waals surface area contributed by atoms with Gasteiger partial charge in [-0.15, -0.1) is 0 Å². The minimum Gasteiger partial charge on any atom is -0.494 e. The fourth-order valence-electron chi connectivity index (χ4n) is 5.17. The van der Waals surface area contributed by atoms with E-state index in [2.05, 4.69) is 24.5 Å². The van der Waals surface area contributed by atoms with Gasteiger partial charge in [-0.3, -0.25) is 19.4 Å². The predicted molar refractivity (Wildman–Crippen MR) is 158 cm³/mol. The van der Waals surface area contributed by atoms with Crippen LogP contribution in [0.5, 0.6) is 11.5 Å². The number of carbonyl (C=O) groups excluding carboxylic acids is 4. The number of amides is 6. The van der Waals surface area contributed by atoms with Gasteiger partial charge in [0.05, 0.1) is 13.2 Å². The molecule has 10 nitrogen and oxygen atoms in total. The minimum absolute atomic E-state index is 0.179. The van der Waals surface area contributed by atoms with Crippen molar-refractivity contribution in [1.29, 1.82) is 0 Å². The van der Waals surface area contributed by atoms with E-state index in [1.807, 2.05) is 0 Å². The average molecular weight is 579 g/mol. The van der Waals surface area contributed by atoms with E-state index in [9.17, 15) is 19.2 Å². The topological polar surface area (TPSA) is 117 Å². The number of unbranched alkanes of at least 4 members (excludes halogenated alkanes) is 3. The molecule has 0 bridgehead atoms. The van der Waals surface area contributed by atoms with Crippen molar-refractivity contribution in [2.45, 2.75) is 77.3 Å². The Labute approximate surface area is 247 Å². The number of rotatable bonds is 15. The fourth-order valence-corrected chi connectivity index (χ4v) is 5.17. The molecule has 0 aromatic heterocycles. The molecule has 2 atom stereocenters. The third kappa shape index (κ3) is 6.37. The van der Waals surface area contributed by atoms with Gasteiger partial charge in [0.1, 0.15) is 22.6 Å². The van der Waals surface area contributed by atoms with Gasteiger partial charge in [-0.05, 0) is 74.9 Å². The van der Waals surface area contributed by atoms with Crippen molar-refractivity contribution in [2.24, 2.45) is 0 Å². The Morgan fingerprint density at radius 3 is 1.29 bits per heavy atom. The summed E-state index contributed by atoms with van der Waals surface area (Å²) in [5, 5.41) is 5.64. The molecule has 2 heterocycles. The highest BCUT2D eigenvalue weighted by molar-refractivity contribution is 6.08. The average Bonchev–Trinajstić information content (AvgIpc) is 3.34. The van der Waals surface area contributed by atoms with Gasteiger partial charge in [0.2, 0.25) is 0 Å². The summed E-state index contributed by atoms with van der Waals surface area (Å²) in [6, 6.07) is 13.5. The van der Waals surface area contributed by atoms with E-state index in [0.29, 0.717) is 37.2 Å². The molecule has 42 heavy (non-hydrogen) atoms. The van der Waals surface area contributed by atoms with Crippen LogP contribution in [0.2, 0.25) is 0 Å². The maximum Gasteiger partial charge on any atom is 0.325 e. The van der Waals surface area contributed by atoms with Gasteiger partial charge in [-0.1, -0.05) is 51.0 Å². The Bertz CT molecular complexity index is 1180. The van der Waals surface area contributed by atoms with E-state index in [1.165, 1.54) is 9.80 Å². The van der Waals surface area contributed by atoms with E-state index in [1.54, 1.807) is 62.4 Å². The second kappa shape index (κ2) is 13.3. The number of ether oxygens (including phenoxy) is 2. The Morgan fingerprint density at radius 1 is 0.595 bits per heavy atom. The molecular formula is C32H42N4O6. The first-order valence-corrected chi connectivity index (χ1v) is 14.9. The molecule has 0 spiro atoms. The van der Waals surface area contributed by atoms with Gasteiger partial charge < -0.3 is 20.1 Å². The van der Waals surface area contributed by atoms with Gasteiger partial charge in [0.25, 0.3) is 11.8 Å². The van der Waals surface area contributed by atoms with Gasteiger partial charge in [-0.2, -0.15) is 0 Å². The summed E-state index contributed by atoms with van der Waals surface area (Å²) >= 11 is 0. The number of nitrogens with one attached hydrogen (secondary N) is 2. The summed E-state index contributed by atoms with van der Waals surface area (Å²) in [7, 11) is 0. The van der Waals surface area contributed by atoms with Crippen molar-refractivity contribution in [1.82, 2.24) is 20.4 Å². The van der Waals surface area contributed by atoms with E-state index in [4.69, 9.17) is 9.47 Å². The number of benzene rings is 2. The first kappa shape index (κ1) is 30.9. The van der Waals surface area contributed by atoms with E-state index in [-0.39, 0.29) is 24.9 Å². The highest BCUT2D eigenvalue weighted by Gasteiger charge is 2.50. The lowest BCUT2D eigenvalue weighted by atomic mass is 9.92. The summed E-state index contributed by atoms with van der Waals surface area (Å²) in [6.45, 7) is 9.19. The number of carbonyl (C=O) groups is 4. The summed E-state index contributed by atoms with van der Waals surface area (Å²) in [6.07, 6.45) is 4.88. The summed E-state index contributed by atoms with van der Waals surface area (Å²) in [5.74, 6) is 0.762. The molecule has 226 valence electrons. The third-order valence-electron chi connectivity index (χ3n) is 7.96. The first-order chi connectivity index (χ1) is 20.1. The molecule has 2 saturated heterocycles. The Kier molecular flexibility index (Phi) is 9.75.